The summed E-state index contributed by atoms with van der Waals surface area (Å²) in [7, 11) is 0. The van der Waals surface area contributed by atoms with E-state index in [1.165, 1.54) is 29.8 Å². The minimum absolute atomic E-state index is 0.797. The third-order valence-corrected chi connectivity index (χ3v) is 11.9. The number of hydrogen-bond donors (Lipinski definition) is 1. The van der Waals surface area contributed by atoms with Crippen LogP contribution in [0.4, 0.5) is 0 Å². The summed E-state index contributed by atoms with van der Waals surface area (Å²) in [5, 5.41) is 0. The molecule has 0 amide bonds. The number of unbranched alkanes of at least 4 members (excludes halogenated alkanes) is 1. The second-order valence-electron chi connectivity index (χ2n) is 3.29. The maximum atomic E-state index is 5.54. The van der Waals surface area contributed by atoms with E-state index in [-0.39, 0.29) is 0 Å². The highest BCUT2D eigenvalue weighted by Crippen LogP contribution is 2.34. The quantitative estimate of drug-likeness (QED) is 0.199. The first-order valence-electron chi connectivity index (χ1n) is 4.71. The maximum absolute atomic E-state index is 5.54. The molecule has 2 N–H and O–H groups in total. The van der Waals surface area contributed by atoms with E-state index in [0.29, 0.717) is 0 Å². The zero-order valence-corrected chi connectivity index (χ0v) is 19.1. The van der Waals surface area contributed by atoms with Crippen LogP contribution >= 0.6 is 113 Å². The van der Waals surface area contributed by atoms with Gasteiger partial charge in [0.15, 0.2) is 0 Å². The van der Waals surface area contributed by atoms with Crippen LogP contribution in [0.5, 0.6) is 0 Å². The van der Waals surface area contributed by atoms with Crippen LogP contribution in [-0.4, -0.2) is 6.54 Å². The molecule has 1 rings (SSSR count). The van der Waals surface area contributed by atoms with Crippen molar-refractivity contribution in [2.24, 2.45) is 5.73 Å². The Kier molecular flexibility index (Phi) is 8.64. The minimum Gasteiger partial charge on any atom is -0.330 e. The summed E-state index contributed by atoms with van der Waals surface area (Å²) in [5.74, 6) is 0. The van der Waals surface area contributed by atoms with Crippen molar-refractivity contribution in [2.45, 2.75) is 19.3 Å². The van der Waals surface area contributed by atoms with E-state index in [4.69, 9.17) is 5.73 Å². The van der Waals surface area contributed by atoms with Crippen LogP contribution < -0.4 is 5.73 Å². The Morgan fingerprint density at radius 3 is 1.56 bits per heavy atom. The van der Waals surface area contributed by atoms with Gasteiger partial charge in [0, 0.05) is 17.9 Å². The van der Waals surface area contributed by atoms with Crippen molar-refractivity contribution in [3.63, 3.8) is 0 Å². The highest BCUT2D eigenvalue weighted by Gasteiger charge is 2.16. The van der Waals surface area contributed by atoms with Gasteiger partial charge in [-0.15, -0.1) is 0 Å². The summed E-state index contributed by atoms with van der Waals surface area (Å²) in [6, 6.07) is 0. The lowest BCUT2D eigenvalue weighted by Gasteiger charge is -2.13. The molecule has 0 aliphatic carbocycles. The molecule has 6 heteroatoms. The van der Waals surface area contributed by atoms with Gasteiger partial charge in [0.2, 0.25) is 0 Å². The number of benzene rings is 1. The number of rotatable bonds is 4. The minimum atomic E-state index is 0.797. The molecule has 0 saturated carbocycles. The Hall–Kier alpha value is 2.83. The van der Waals surface area contributed by atoms with Crippen LogP contribution in [0.2, 0.25) is 0 Å². The molecule has 0 aliphatic rings. The Labute approximate surface area is 165 Å². The lowest BCUT2D eigenvalue weighted by Crippen LogP contribution is -2.05. The Bertz CT molecular complexity index is 362. The number of hydrogen-bond acceptors (Lipinski definition) is 1. The fraction of sp³-hybridized carbons (Fsp3) is 0.400. The molecule has 90 valence electrons. The van der Waals surface area contributed by atoms with Crippen molar-refractivity contribution in [3.05, 3.63) is 23.4 Å². The average molecular weight is 779 g/mol. The zero-order chi connectivity index (χ0) is 12.3. The molecular weight excluding hydrogens is 769 g/mol. The van der Waals surface area contributed by atoms with Gasteiger partial charge in [0.05, 0.1) is 0 Å². The highest BCUT2D eigenvalue weighted by molar-refractivity contribution is 14.1. The van der Waals surface area contributed by atoms with E-state index >= 15 is 0 Å². The molecule has 0 spiro atoms. The van der Waals surface area contributed by atoms with Crippen molar-refractivity contribution < 1.29 is 0 Å². The van der Waals surface area contributed by atoms with Crippen molar-refractivity contribution in [1.82, 2.24) is 0 Å². The van der Waals surface area contributed by atoms with Crippen molar-refractivity contribution in [1.29, 1.82) is 0 Å². The van der Waals surface area contributed by atoms with Gasteiger partial charge >= 0.3 is 0 Å². The molecule has 0 unspecified atom stereocenters. The van der Waals surface area contributed by atoms with E-state index < -0.39 is 0 Å². The molecule has 1 aromatic carbocycles. The topological polar surface area (TPSA) is 26.0 Å². The molecule has 0 atom stereocenters. The Morgan fingerprint density at radius 2 is 1.12 bits per heavy atom. The van der Waals surface area contributed by atoms with Crippen LogP contribution in [0.25, 0.3) is 0 Å². The fourth-order valence-electron chi connectivity index (χ4n) is 1.32. The molecule has 0 fully saturated rings. The summed E-state index contributed by atoms with van der Waals surface area (Å²) in [4.78, 5) is 0. The maximum Gasteiger partial charge on any atom is 0.0419 e. The molecule has 1 aromatic rings. The summed E-state index contributed by atoms with van der Waals surface area (Å²) in [6.07, 6.45) is 3.46. The molecular formula is C10H10I5N. The van der Waals surface area contributed by atoms with E-state index in [0.717, 1.165) is 19.4 Å². The zero-order valence-electron chi connectivity index (χ0n) is 8.30. The SMILES string of the molecule is NCCCCc1c(I)c(I)c(I)c(I)c1I. The van der Waals surface area contributed by atoms with E-state index in [2.05, 4.69) is 113 Å². The third-order valence-electron chi connectivity index (χ3n) is 2.18. The van der Waals surface area contributed by atoms with Crippen molar-refractivity contribution in [2.75, 3.05) is 6.54 Å². The van der Waals surface area contributed by atoms with Gasteiger partial charge in [-0.3, -0.25) is 0 Å². The largest absolute Gasteiger partial charge is 0.330 e. The Balaban J connectivity index is 3.08. The van der Waals surface area contributed by atoms with Gasteiger partial charge in [0.1, 0.15) is 0 Å². The standard InChI is InChI=1S/C10H10I5N/c11-6-5(3-1-2-4-16)7(12)9(14)10(15)8(6)13/h1-4,16H2. The van der Waals surface area contributed by atoms with Crippen LogP contribution in [0.1, 0.15) is 18.4 Å². The fourth-order valence-corrected chi connectivity index (χ4v) is 6.73. The third kappa shape index (κ3) is 4.16. The number of nitrogens with two attached hydrogens (primary N) is 1. The monoisotopic (exact) mass is 779 g/mol. The smallest absolute Gasteiger partial charge is 0.0419 e. The predicted molar refractivity (Wildman–Crippen MR) is 112 cm³/mol. The second kappa shape index (κ2) is 8.19. The van der Waals surface area contributed by atoms with Gasteiger partial charge < -0.3 is 5.73 Å². The first-order valence-corrected chi connectivity index (χ1v) is 10.1. The molecule has 0 radical (unpaired) electrons. The van der Waals surface area contributed by atoms with Gasteiger partial charge in [-0.25, -0.2) is 0 Å². The van der Waals surface area contributed by atoms with Crippen molar-refractivity contribution >= 4 is 113 Å². The summed E-state index contributed by atoms with van der Waals surface area (Å²) >= 11 is 12.3. The molecule has 0 aliphatic heterocycles. The van der Waals surface area contributed by atoms with Gasteiger partial charge in [0.25, 0.3) is 0 Å². The molecule has 1 nitrogen and oxygen atoms in total. The van der Waals surface area contributed by atoms with Crippen LogP contribution in [-0.2, 0) is 6.42 Å². The van der Waals surface area contributed by atoms with Crippen LogP contribution in [0.3, 0.4) is 0 Å². The normalized spacial score (nSPS) is 10.9. The molecule has 0 saturated heterocycles. The lowest BCUT2D eigenvalue weighted by atomic mass is 10.1. The molecule has 16 heavy (non-hydrogen) atoms. The van der Waals surface area contributed by atoms with Gasteiger partial charge in [-0.2, -0.15) is 0 Å². The lowest BCUT2D eigenvalue weighted by molar-refractivity contribution is 0.740. The van der Waals surface area contributed by atoms with E-state index in [1.54, 1.807) is 0 Å². The van der Waals surface area contributed by atoms with Gasteiger partial charge in [-0.05, 0) is 144 Å². The van der Waals surface area contributed by atoms with Crippen LogP contribution in [0.15, 0.2) is 0 Å². The molecule has 0 bridgehead atoms. The van der Waals surface area contributed by atoms with E-state index in [1.807, 2.05) is 0 Å². The highest BCUT2D eigenvalue weighted by atomic mass is 127. The van der Waals surface area contributed by atoms with Gasteiger partial charge in [-0.1, -0.05) is 0 Å². The first kappa shape index (κ1) is 16.9. The predicted octanol–water partition coefficient (Wildman–Crippen LogP) is 4.99. The summed E-state index contributed by atoms with van der Waals surface area (Å²) in [6.45, 7) is 0.797. The Morgan fingerprint density at radius 1 is 0.688 bits per heavy atom. The first-order chi connectivity index (χ1) is 7.50. The molecule has 0 aromatic heterocycles. The molecule has 0 heterocycles. The average Bonchev–Trinajstić information content (AvgIpc) is 2.28. The number of halogens is 5. The summed E-state index contributed by atoms with van der Waals surface area (Å²) in [5.41, 5.74) is 7.05. The van der Waals surface area contributed by atoms with E-state index in [9.17, 15) is 0 Å². The summed E-state index contributed by atoms with van der Waals surface area (Å²) < 4.78 is 7.02. The van der Waals surface area contributed by atoms with Crippen molar-refractivity contribution in [3.8, 4) is 0 Å². The van der Waals surface area contributed by atoms with Crippen LogP contribution in [0, 0.1) is 17.9 Å². The second-order valence-corrected chi connectivity index (χ2v) is 8.69.